The normalized spacial score (nSPS) is 18.6. The third-order valence-electron chi connectivity index (χ3n) is 3.19. The standard InChI is InChI=1S/C12H19IN4/c1-9-12(13)10(2)15-11(14-9)8-17-6-4-16(3)5-7-17/h4-8H2,1-3H3. The van der Waals surface area contributed by atoms with Crippen LogP contribution < -0.4 is 0 Å². The molecule has 1 saturated heterocycles. The van der Waals surface area contributed by atoms with E-state index in [4.69, 9.17) is 0 Å². The minimum Gasteiger partial charge on any atom is -0.304 e. The predicted molar refractivity (Wildman–Crippen MR) is 77.0 cm³/mol. The molecule has 1 aromatic rings. The number of aryl methyl sites for hydroxylation is 2. The molecule has 1 fully saturated rings. The lowest BCUT2D eigenvalue weighted by Gasteiger charge is -2.31. The van der Waals surface area contributed by atoms with Crippen LogP contribution in [0.15, 0.2) is 0 Å². The third kappa shape index (κ3) is 3.35. The molecule has 1 aromatic heterocycles. The number of hydrogen-bond donors (Lipinski definition) is 0. The van der Waals surface area contributed by atoms with Crippen molar-refractivity contribution in [3.8, 4) is 0 Å². The van der Waals surface area contributed by atoms with Gasteiger partial charge in [-0.25, -0.2) is 9.97 Å². The highest BCUT2D eigenvalue weighted by Crippen LogP contribution is 2.13. The Kier molecular flexibility index (Phi) is 4.32. The van der Waals surface area contributed by atoms with Crippen LogP contribution in [0.1, 0.15) is 17.2 Å². The molecule has 4 nitrogen and oxygen atoms in total. The second-order valence-corrected chi connectivity index (χ2v) is 5.78. The molecule has 0 atom stereocenters. The molecule has 94 valence electrons. The molecule has 0 saturated carbocycles. The van der Waals surface area contributed by atoms with Crippen LogP contribution in [0.3, 0.4) is 0 Å². The van der Waals surface area contributed by atoms with Gasteiger partial charge in [0, 0.05) is 26.2 Å². The lowest BCUT2D eigenvalue weighted by molar-refractivity contribution is 0.145. The first-order valence-electron chi connectivity index (χ1n) is 5.97. The van der Waals surface area contributed by atoms with Crippen molar-refractivity contribution in [2.24, 2.45) is 0 Å². The van der Waals surface area contributed by atoms with Gasteiger partial charge in [0.05, 0.1) is 21.5 Å². The Labute approximate surface area is 117 Å². The van der Waals surface area contributed by atoms with Gasteiger partial charge < -0.3 is 4.90 Å². The van der Waals surface area contributed by atoms with Crippen LogP contribution in [-0.4, -0.2) is 53.0 Å². The van der Waals surface area contributed by atoms with Crippen LogP contribution in [0.2, 0.25) is 0 Å². The van der Waals surface area contributed by atoms with Crippen molar-refractivity contribution in [3.63, 3.8) is 0 Å². The number of piperazine rings is 1. The maximum absolute atomic E-state index is 4.57. The Hall–Kier alpha value is -0.270. The van der Waals surface area contributed by atoms with Gasteiger partial charge in [0.2, 0.25) is 0 Å². The van der Waals surface area contributed by atoms with Crippen molar-refractivity contribution in [1.82, 2.24) is 19.8 Å². The summed E-state index contributed by atoms with van der Waals surface area (Å²) in [5.41, 5.74) is 2.20. The van der Waals surface area contributed by atoms with E-state index in [0.29, 0.717) is 0 Å². The molecular weight excluding hydrogens is 327 g/mol. The monoisotopic (exact) mass is 346 g/mol. The van der Waals surface area contributed by atoms with E-state index in [1.165, 1.54) is 3.57 Å². The van der Waals surface area contributed by atoms with Crippen molar-refractivity contribution in [1.29, 1.82) is 0 Å². The molecule has 0 amide bonds. The van der Waals surface area contributed by atoms with Gasteiger partial charge in [-0.1, -0.05) is 0 Å². The molecule has 0 aliphatic carbocycles. The molecule has 0 spiro atoms. The number of rotatable bonds is 2. The van der Waals surface area contributed by atoms with Crippen molar-refractivity contribution in [2.45, 2.75) is 20.4 Å². The summed E-state index contributed by atoms with van der Waals surface area (Å²) in [5.74, 6) is 0.963. The van der Waals surface area contributed by atoms with Gasteiger partial charge in [0.25, 0.3) is 0 Å². The molecule has 2 heterocycles. The Morgan fingerprint density at radius 2 is 1.59 bits per heavy atom. The van der Waals surface area contributed by atoms with Crippen LogP contribution >= 0.6 is 22.6 Å². The van der Waals surface area contributed by atoms with Gasteiger partial charge in [0.15, 0.2) is 0 Å². The molecule has 17 heavy (non-hydrogen) atoms. The van der Waals surface area contributed by atoms with Gasteiger partial charge in [-0.15, -0.1) is 0 Å². The molecule has 0 aromatic carbocycles. The average Bonchev–Trinajstić information content (AvgIpc) is 2.29. The van der Waals surface area contributed by atoms with Gasteiger partial charge in [-0.3, -0.25) is 4.90 Å². The Morgan fingerprint density at radius 3 is 2.12 bits per heavy atom. The molecule has 5 heteroatoms. The number of aromatic nitrogens is 2. The second kappa shape index (κ2) is 5.58. The number of halogens is 1. The Morgan fingerprint density at radius 1 is 1.06 bits per heavy atom. The SMILES string of the molecule is Cc1nc(CN2CCN(C)CC2)nc(C)c1I. The largest absolute Gasteiger partial charge is 0.304 e. The first kappa shape index (κ1) is 13.2. The molecule has 0 N–H and O–H groups in total. The van der Waals surface area contributed by atoms with Crippen LogP contribution in [0.5, 0.6) is 0 Å². The first-order chi connectivity index (χ1) is 8.06. The van der Waals surface area contributed by atoms with Crippen LogP contribution in [-0.2, 0) is 6.54 Å². The average molecular weight is 346 g/mol. The van der Waals surface area contributed by atoms with Crippen molar-refractivity contribution in [3.05, 3.63) is 20.8 Å². The summed E-state index contributed by atoms with van der Waals surface area (Å²) in [6.07, 6.45) is 0. The van der Waals surface area contributed by atoms with Gasteiger partial charge in [0.1, 0.15) is 5.82 Å². The summed E-state index contributed by atoms with van der Waals surface area (Å²) in [5, 5.41) is 0. The summed E-state index contributed by atoms with van der Waals surface area (Å²) in [6.45, 7) is 9.51. The smallest absolute Gasteiger partial charge is 0.142 e. The van der Waals surface area contributed by atoms with E-state index in [2.05, 4.69) is 63.3 Å². The van der Waals surface area contributed by atoms with E-state index in [1.54, 1.807) is 0 Å². The highest BCUT2D eigenvalue weighted by Gasteiger charge is 2.15. The zero-order chi connectivity index (χ0) is 12.4. The van der Waals surface area contributed by atoms with E-state index in [9.17, 15) is 0 Å². The fraction of sp³-hybridized carbons (Fsp3) is 0.667. The summed E-state index contributed by atoms with van der Waals surface area (Å²) >= 11 is 2.31. The summed E-state index contributed by atoms with van der Waals surface area (Å²) in [7, 11) is 2.17. The maximum Gasteiger partial charge on any atom is 0.142 e. The highest BCUT2D eigenvalue weighted by molar-refractivity contribution is 14.1. The van der Waals surface area contributed by atoms with Crippen LogP contribution in [0.4, 0.5) is 0 Å². The molecule has 1 aliphatic rings. The zero-order valence-electron chi connectivity index (χ0n) is 10.7. The number of nitrogens with zero attached hydrogens (tertiary/aromatic N) is 4. The number of likely N-dealkylation sites (N-methyl/N-ethyl adjacent to an activating group) is 1. The molecule has 2 rings (SSSR count). The molecular formula is C12H19IN4. The Balaban J connectivity index is 2.04. The maximum atomic E-state index is 4.57. The zero-order valence-corrected chi connectivity index (χ0v) is 12.9. The van der Waals surface area contributed by atoms with E-state index in [0.717, 1.165) is 49.9 Å². The fourth-order valence-electron chi connectivity index (χ4n) is 2.05. The molecule has 1 aliphatic heterocycles. The van der Waals surface area contributed by atoms with E-state index >= 15 is 0 Å². The quantitative estimate of drug-likeness (QED) is 0.759. The van der Waals surface area contributed by atoms with Crippen molar-refractivity contribution >= 4 is 22.6 Å². The topological polar surface area (TPSA) is 32.3 Å². The van der Waals surface area contributed by atoms with Crippen molar-refractivity contribution < 1.29 is 0 Å². The lowest BCUT2D eigenvalue weighted by atomic mass is 10.3. The minimum atomic E-state index is 0.881. The van der Waals surface area contributed by atoms with Crippen LogP contribution in [0, 0.1) is 17.4 Å². The molecule has 0 radical (unpaired) electrons. The number of hydrogen-bond acceptors (Lipinski definition) is 4. The van der Waals surface area contributed by atoms with Crippen LogP contribution in [0.25, 0.3) is 0 Å². The predicted octanol–water partition coefficient (Wildman–Crippen LogP) is 1.45. The Bertz CT molecular complexity index is 376. The summed E-state index contributed by atoms with van der Waals surface area (Å²) in [6, 6.07) is 0. The molecule has 0 unspecified atom stereocenters. The van der Waals surface area contributed by atoms with E-state index < -0.39 is 0 Å². The minimum absolute atomic E-state index is 0.881. The second-order valence-electron chi connectivity index (χ2n) is 4.70. The van der Waals surface area contributed by atoms with Gasteiger partial charge in [-0.2, -0.15) is 0 Å². The van der Waals surface area contributed by atoms with Crippen molar-refractivity contribution in [2.75, 3.05) is 33.2 Å². The summed E-state index contributed by atoms with van der Waals surface area (Å²) in [4.78, 5) is 13.9. The van der Waals surface area contributed by atoms with E-state index in [1.807, 2.05) is 0 Å². The fourth-order valence-corrected chi connectivity index (χ4v) is 2.29. The van der Waals surface area contributed by atoms with Gasteiger partial charge >= 0.3 is 0 Å². The first-order valence-corrected chi connectivity index (χ1v) is 7.04. The lowest BCUT2D eigenvalue weighted by Crippen LogP contribution is -2.44. The van der Waals surface area contributed by atoms with Gasteiger partial charge in [-0.05, 0) is 43.5 Å². The highest BCUT2D eigenvalue weighted by atomic mass is 127. The van der Waals surface area contributed by atoms with E-state index in [-0.39, 0.29) is 0 Å². The summed E-state index contributed by atoms with van der Waals surface area (Å²) < 4.78 is 1.18. The molecule has 0 bridgehead atoms. The third-order valence-corrected chi connectivity index (χ3v) is 4.75.